The van der Waals surface area contributed by atoms with Crippen LogP contribution in [0.1, 0.15) is 11.3 Å². The Morgan fingerprint density at radius 3 is 2.71 bits per heavy atom. The lowest BCUT2D eigenvalue weighted by atomic mass is 10.1. The molecule has 0 amide bonds. The SMILES string of the molecule is Cc1cc(=O)c2c(C)ccc(F)c2[nH]1. The molecule has 14 heavy (non-hydrogen) atoms. The molecule has 2 nitrogen and oxygen atoms in total. The average molecular weight is 191 g/mol. The summed E-state index contributed by atoms with van der Waals surface area (Å²) in [6, 6.07) is 4.46. The second-order valence-corrected chi connectivity index (χ2v) is 3.43. The molecule has 2 aromatic rings. The van der Waals surface area contributed by atoms with Crippen LogP contribution in [-0.4, -0.2) is 4.98 Å². The molecule has 0 aliphatic heterocycles. The van der Waals surface area contributed by atoms with E-state index in [2.05, 4.69) is 4.98 Å². The van der Waals surface area contributed by atoms with Gasteiger partial charge in [0.05, 0.1) is 10.9 Å². The van der Waals surface area contributed by atoms with Gasteiger partial charge in [-0.3, -0.25) is 4.79 Å². The van der Waals surface area contributed by atoms with Crippen LogP contribution in [0.15, 0.2) is 23.0 Å². The zero-order valence-electron chi connectivity index (χ0n) is 8.02. The van der Waals surface area contributed by atoms with Crippen LogP contribution in [0.25, 0.3) is 10.9 Å². The number of halogens is 1. The smallest absolute Gasteiger partial charge is 0.190 e. The van der Waals surface area contributed by atoms with Crippen LogP contribution < -0.4 is 5.43 Å². The molecule has 0 unspecified atom stereocenters. The van der Waals surface area contributed by atoms with Gasteiger partial charge in [0.1, 0.15) is 5.82 Å². The van der Waals surface area contributed by atoms with Crippen molar-refractivity contribution >= 4 is 10.9 Å². The van der Waals surface area contributed by atoms with Crippen molar-refractivity contribution in [1.29, 1.82) is 0 Å². The second-order valence-electron chi connectivity index (χ2n) is 3.43. The maximum absolute atomic E-state index is 13.4. The van der Waals surface area contributed by atoms with Crippen LogP contribution in [0.2, 0.25) is 0 Å². The third-order valence-electron chi connectivity index (χ3n) is 2.28. The summed E-state index contributed by atoms with van der Waals surface area (Å²) >= 11 is 0. The molecular weight excluding hydrogens is 181 g/mol. The molecule has 3 heteroatoms. The van der Waals surface area contributed by atoms with Gasteiger partial charge in [0.15, 0.2) is 5.43 Å². The molecule has 0 aliphatic rings. The largest absolute Gasteiger partial charge is 0.356 e. The number of aromatic amines is 1. The average Bonchev–Trinajstić information content (AvgIpc) is 2.10. The van der Waals surface area contributed by atoms with Crippen molar-refractivity contribution in [3.05, 3.63) is 45.5 Å². The highest BCUT2D eigenvalue weighted by molar-refractivity contribution is 5.82. The quantitative estimate of drug-likeness (QED) is 0.680. The molecule has 1 heterocycles. The van der Waals surface area contributed by atoms with E-state index < -0.39 is 0 Å². The molecule has 0 saturated carbocycles. The molecule has 1 N–H and O–H groups in total. The van der Waals surface area contributed by atoms with Crippen molar-refractivity contribution in [3.8, 4) is 0 Å². The summed E-state index contributed by atoms with van der Waals surface area (Å²) in [4.78, 5) is 14.5. The van der Waals surface area contributed by atoms with Gasteiger partial charge in [-0.1, -0.05) is 6.07 Å². The number of rotatable bonds is 0. The number of hydrogen-bond acceptors (Lipinski definition) is 1. The van der Waals surface area contributed by atoms with Crippen molar-refractivity contribution in [1.82, 2.24) is 4.98 Å². The first-order valence-corrected chi connectivity index (χ1v) is 4.38. The molecule has 2 rings (SSSR count). The first-order valence-electron chi connectivity index (χ1n) is 4.38. The van der Waals surface area contributed by atoms with Gasteiger partial charge in [-0.05, 0) is 25.5 Å². The van der Waals surface area contributed by atoms with Gasteiger partial charge >= 0.3 is 0 Å². The van der Waals surface area contributed by atoms with E-state index in [4.69, 9.17) is 0 Å². The Kier molecular flexibility index (Phi) is 1.88. The highest BCUT2D eigenvalue weighted by Crippen LogP contribution is 2.16. The van der Waals surface area contributed by atoms with Gasteiger partial charge < -0.3 is 4.98 Å². The Morgan fingerprint density at radius 1 is 1.29 bits per heavy atom. The maximum atomic E-state index is 13.4. The van der Waals surface area contributed by atoms with Crippen molar-refractivity contribution < 1.29 is 4.39 Å². The lowest BCUT2D eigenvalue weighted by molar-refractivity contribution is 0.636. The van der Waals surface area contributed by atoms with Gasteiger partial charge in [0.25, 0.3) is 0 Å². The number of H-pyrrole nitrogens is 1. The van der Waals surface area contributed by atoms with Crippen LogP contribution in [0.3, 0.4) is 0 Å². The second kappa shape index (κ2) is 2.94. The lowest BCUT2D eigenvalue weighted by Gasteiger charge is -2.03. The van der Waals surface area contributed by atoms with Gasteiger partial charge in [0.2, 0.25) is 0 Å². The van der Waals surface area contributed by atoms with Crippen LogP contribution in [0.5, 0.6) is 0 Å². The van der Waals surface area contributed by atoms with Gasteiger partial charge in [0, 0.05) is 11.8 Å². The first kappa shape index (κ1) is 8.94. The fourth-order valence-electron chi connectivity index (χ4n) is 1.62. The third kappa shape index (κ3) is 1.21. The Hall–Kier alpha value is -1.64. The van der Waals surface area contributed by atoms with Crippen molar-refractivity contribution in [2.24, 2.45) is 0 Å². The highest BCUT2D eigenvalue weighted by Gasteiger charge is 2.07. The molecule has 0 aliphatic carbocycles. The Labute approximate surface area is 80.4 Å². The normalized spacial score (nSPS) is 10.8. The van der Waals surface area contributed by atoms with Crippen LogP contribution in [-0.2, 0) is 0 Å². The van der Waals surface area contributed by atoms with E-state index in [1.165, 1.54) is 12.1 Å². The van der Waals surface area contributed by atoms with Crippen molar-refractivity contribution in [2.75, 3.05) is 0 Å². The van der Waals surface area contributed by atoms with Gasteiger partial charge in [-0.15, -0.1) is 0 Å². The number of aryl methyl sites for hydroxylation is 2. The number of aromatic nitrogens is 1. The van der Waals surface area contributed by atoms with Gasteiger partial charge in [-0.25, -0.2) is 4.39 Å². The van der Waals surface area contributed by atoms with E-state index in [0.29, 0.717) is 16.6 Å². The van der Waals surface area contributed by atoms with E-state index in [9.17, 15) is 9.18 Å². The zero-order chi connectivity index (χ0) is 10.3. The summed E-state index contributed by atoms with van der Waals surface area (Å²) in [5, 5.41) is 0.440. The summed E-state index contributed by atoms with van der Waals surface area (Å²) in [6.07, 6.45) is 0. The van der Waals surface area contributed by atoms with E-state index in [1.54, 1.807) is 19.9 Å². The summed E-state index contributed by atoms with van der Waals surface area (Å²) in [6.45, 7) is 3.54. The van der Waals surface area contributed by atoms with Crippen molar-refractivity contribution in [3.63, 3.8) is 0 Å². The third-order valence-corrected chi connectivity index (χ3v) is 2.28. The fourth-order valence-corrected chi connectivity index (χ4v) is 1.62. The molecule has 72 valence electrons. The number of pyridine rings is 1. The Bertz CT molecular complexity index is 557. The molecular formula is C11H10FNO. The van der Waals surface area contributed by atoms with E-state index >= 15 is 0 Å². The number of nitrogens with one attached hydrogen (secondary N) is 1. The predicted molar refractivity (Wildman–Crippen MR) is 54.0 cm³/mol. The minimum atomic E-state index is -0.383. The first-order chi connectivity index (χ1) is 6.59. The molecule has 1 aromatic heterocycles. The fraction of sp³-hybridized carbons (Fsp3) is 0.182. The van der Waals surface area contributed by atoms with Crippen molar-refractivity contribution in [2.45, 2.75) is 13.8 Å². The van der Waals surface area contributed by atoms with E-state index in [0.717, 1.165) is 5.56 Å². The molecule has 0 atom stereocenters. The molecule has 0 bridgehead atoms. The molecule has 0 radical (unpaired) electrons. The minimum absolute atomic E-state index is 0.131. The zero-order valence-corrected chi connectivity index (χ0v) is 8.02. The van der Waals surface area contributed by atoms with Gasteiger partial charge in [-0.2, -0.15) is 0 Å². The standard InChI is InChI=1S/C11H10FNO/c1-6-3-4-8(12)11-10(6)9(14)5-7(2)13-11/h3-5H,1-2H3,(H,13,14). The van der Waals surface area contributed by atoms with Crippen LogP contribution in [0.4, 0.5) is 4.39 Å². The summed E-state index contributed by atoms with van der Waals surface area (Å²) in [7, 11) is 0. The molecule has 1 aromatic carbocycles. The summed E-state index contributed by atoms with van der Waals surface area (Å²) in [5.41, 5.74) is 1.64. The maximum Gasteiger partial charge on any atom is 0.190 e. The molecule has 0 fully saturated rings. The highest BCUT2D eigenvalue weighted by atomic mass is 19.1. The summed E-state index contributed by atoms with van der Waals surface area (Å²) in [5.74, 6) is -0.383. The van der Waals surface area contributed by atoms with E-state index in [-0.39, 0.29) is 11.2 Å². The Balaban J connectivity index is 3.08. The topological polar surface area (TPSA) is 32.9 Å². The minimum Gasteiger partial charge on any atom is -0.356 e. The van der Waals surface area contributed by atoms with Crippen LogP contribution in [0, 0.1) is 19.7 Å². The van der Waals surface area contributed by atoms with Crippen LogP contribution >= 0.6 is 0 Å². The Morgan fingerprint density at radius 2 is 2.00 bits per heavy atom. The molecule has 0 spiro atoms. The number of hydrogen-bond donors (Lipinski definition) is 1. The number of fused-ring (bicyclic) bond motifs is 1. The lowest BCUT2D eigenvalue weighted by Crippen LogP contribution is -2.05. The summed E-state index contributed by atoms with van der Waals surface area (Å²) < 4.78 is 13.4. The monoisotopic (exact) mass is 191 g/mol. The molecule has 0 saturated heterocycles. The predicted octanol–water partition coefficient (Wildman–Crippen LogP) is 2.28. The number of benzene rings is 1. The van der Waals surface area contributed by atoms with E-state index in [1.807, 2.05) is 0 Å².